The maximum atomic E-state index is 13.7. The number of carbonyl (C=O) groups is 2. The summed E-state index contributed by atoms with van der Waals surface area (Å²) in [5.41, 5.74) is 1.77. The minimum absolute atomic E-state index is 0.0594. The van der Waals surface area contributed by atoms with Gasteiger partial charge in [0.2, 0.25) is 5.91 Å². The number of amides is 1. The average Bonchev–Trinajstić information content (AvgIpc) is 2.97. The molecule has 0 aliphatic carbocycles. The van der Waals surface area contributed by atoms with E-state index in [1.54, 1.807) is 17.0 Å². The van der Waals surface area contributed by atoms with Gasteiger partial charge in [-0.1, -0.05) is 31.2 Å². The van der Waals surface area contributed by atoms with E-state index < -0.39 is 66.2 Å². The number of hydrogen-bond donors (Lipinski definition) is 4. The monoisotopic (exact) mass is 583 g/mol. The highest BCUT2D eigenvalue weighted by Crippen LogP contribution is 2.47. The van der Waals surface area contributed by atoms with E-state index in [-0.39, 0.29) is 24.5 Å². The molecule has 0 unspecified atom stereocenters. The Hall–Kier alpha value is -3.90. The second-order valence-corrected chi connectivity index (χ2v) is 10.7. The van der Waals surface area contributed by atoms with Crippen molar-refractivity contribution in [3.8, 4) is 5.75 Å². The van der Waals surface area contributed by atoms with Gasteiger partial charge in [-0.15, -0.1) is 0 Å². The molecule has 0 saturated carbocycles. The van der Waals surface area contributed by atoms with Crippen LogP contribution in [0.4, 0.5) is 14.5 Å². The Morgan fingerprint density at radius 1 is 0.952 bits per heavy atom. The molecule has 42 heavy (non-hydrogen) atoms. The predicted octanol–water partition coefficient (Wildman–Crippen LogP) is 4.08. The number of halogens is 2. The predicted molar refractivity (Wildman–Crippen MR) is 145 cm³/mol. The van der Waals surface area contributed by atoms with Crippen LogP contribution >= 0.6 is 0 Å². The SMILES string of the molecule is C[C@@H]1[C@@H](O)[C@H](O[C@@H](CC[C@H]2C(=O)N(c3ccc(F)cc3)[C@@H]2c2ccc(O)cc2)c2ccc(F)cc2)O[C@H](C(=O)O)[C@H]1O. The molecule has 9 nitrogen and oxygen atoms in total. The number of carboxylic acids is 1. The van der Waals surface area contributed by atoms with Crippen molar-refractivity contribution in [1.82, 2.24) is 0 Å². The fourth-order valence-electron chi connectivity index (χ4n) is 5.60. The molecule has 0 radical (unpaired) electrons. The quantitative estimate of drug-likeness (QED) is 0.277. The molecule has 2 saturated heterocycles. The fraction of sp³-hybridized carbons (Fsp3) is 0.355. The number of aromatic hydroxyl groups is 1. The molecular weight excluding hydrogens is 552 g/mol. The molecule has 11 heteroatoms. The number of phenols is 1. The van der Waals surface area contributed by atoms with Gasteiger partial charge < -0.3 is 34.8 Å². The summed E-state index contributed by atoms with van der Waals surface area (Å²) in [6.07, 6.45) is -6.22. The van der Waals surface area contributed by atoms with Crippen molar-refractivity contribution in [1.29, 1.82) is 0 Å². The zero-order valence-electron chi connectivity index (χ0n) is 22.6. The molecule has 0 spiro atoms. The number of β-lactam (4-membered cyclic amide) rings is 1. The van der Waals surface area contributed by atoms with E-state index in [9.17, 15) is 38.8 Å². The number of benzene rings is 3. The summed E-state index contributed by atoms with van der Waals surface area (Å²) < 4.78 is 38.9. The Morgan fingerprint density at radius 3 is 2.14 bits per heavy atom. The largest absolute Gasteiger partial charge is 0.508 e. The molecule has 222 valence electrons. The smallest absolute Gasteiger partial charge is 0.335 e. The van der Waals surface area contributed by atoms with E-state index in [1.807, 2.05) is 0 Å². The Labute approximate surface area is 240 Å². The van der Waals surface area contributed by atoms with Crippen molar-refractivity contribution < 1.29 is 48.3 Å². The van der Waals surface area contributed by atoms with Gasteiger partial charge in [-0.25, -0.2) is 13.6 Å². The Kier molecular flexibility index (Phi) is 8.55. The highest BCUT2D eigenvalue weighted by atomic mass is 19.1. The number of aliphatic hydroxyl groups is 2. The number of anilines is 1. The summed E-state index contributed by atoms with van der Waals surface area (Å²) in [7, 11) is 0. The second-order valence-electron chi connectivity index (χ2n) is 10.7. The molecule has 1 amide bonds. The standard InChI is InChI=1S/C31H31F2NO8/c1-16-26(36)28(30(39)40)42-31(27(16)37)41-24(17-2-6-19(32)7-3-17)15-14-23-25(18-4-12-22(35)13-5-18)34(29(23)38)21-10-8-20(33)9-11-21/h2-13,16,23-28,31,35-37H,14-15H2,1H3,(H,39,40)/t16-,23+,24-,25+,26-,27+,28-,31+/m0/s1. The topological polar surface area (TPSA) is 137 Å². The maximum Gasteiger partial charge on any atom is 0.335 e. The summed E-state index contributed by atoms with van der Waals surface area (Å²) in [6, 6.07) is 17.0. The first-order valence-corrected chi connectivity index (χ1v) is 13.6. The van der Waals surface area contributed by atoms with Gasteiger partial charge in [-0.2, -0.15) is 0 Å². The van der Waals surface area contributed by atoms with E-state index in [2.05, 4.69) is 0 Å². The lowest BCUT2D eigenvalue weighted by Crippen LogP contribution is -2.57. The molecule has 0 bridgehead atoms. The normalized spacial score (nSPS) is 28.3. The highest BCUT2D eigenvalue weighted by molar-refractivity contribution is 6.03. The van der Waals surface area contributed by atoms with E-state index >= 15 is 0 Å². The van der Waals surface area contributed by atoms with E-state index in [1.165, 1.54) is 67.6 Å². The van der Waals surface area contributed by atoms with Gasteiger partial charge >= 0.3 is 5.97 Å². The molecule has 5 rings (SSSR count). The van der Waals surface area contributed by atoms with Crippen molar-refractivity contribution in [2.24, 2.45) is 11.8 Å². The van der Waals surface area contributed by atoms with Crippen LogP contribution in [-0.4, -0.2) is 56.9 Å². The summed E-state index contributed by atoms with van der Waals surface area (Å²) in [6.45, 7) is 1.48. The Balaban J connectivity index is 1.40. The second kappa shape index (κ2) is 12.1. The molecule has 2 fully saturated rings. The number of aliphatic carboxylic acids is 1. The van der Waals surface area contributed by atoms with Gasteiger partial charge in [0.05, 0.1) is 24.2 Å². The van der Waals surface area contributed by atoms with Gasteiger partial charge in [-0.3, -0.25) is 4.79 Å². The molecule has 2 heterocycles. The van der Waals surface area contributed by atoms with Crippen molar-refractivity contribution in [3.63, 3.8) is 0 Å². The summed E-state index contributed by atoms with van der Waals surface area (Å²) in [5, 5.41) is 40.3. The first kappa shape index (κ1) is 29.6. The number of nitrogens with zero attached hydrogens (tertiary/aromatic N) is 1. The third kappa shape index (κ3) is 5.86. The summed E-state index contributed by atoms with van der Waals surface area (Å²) in [5.74, 6) is -3.91. The van der Waals surface area contributed by atoms with Crippen LogP contribution in [0, 0.1) is 23.5 Å². The van der Waals surface area contributed by atoms with Crippen LogP contribution in [0.5, 0.6) is 5.75 Å². The first-order valence-electron chi connectivity index (χ1n) is 13.6. The lowest BCUT2D eigenvalue weighted by Gasteiger charge is -2.48. The lowest BCUT2D eigenvalue weighted by atomic mass is 9.78. The molecule has 2 aliphatic heterocycles. The molecule has 8 atom stereocenters. The van der Waals surface area contributed by atoms with Gasteiger partial charge in [0.15, 0.2) is 12.4 Å². The van der Waals surface area contributed by atoms with Crippen LogP contribution in [-0.2, 0) is 19.1 Å². The molecule has 4 N–H and O–H groups in total. The third-order valence-electron chi connectivity index (χ3n) is 8.02. The number of ether oxygens (including phenoxy) is 2. The van der Waals surface area contributed by atoms with E-state index in [4.69, 9.17) is 9.47 Å². The number of carboxylic acid groups (broad SMARTS) is 1. The fourth-order valence-corrected chi connectivity index (χ4v) is 5.60. The lowest BCUT2D eigenvalue weighted by molar-refractivity contribution is -0.294. The van der Waals surface area contributed by atoms with Gasteiger partial charge in [0.1, 0.15) is 23.5 Å². The number of hydrogen-bond acceptors (Lipinski definition) is 7. The van der Waals surface area contributed by atoms with Crippen LogP contribution in [0.1, 0.15) is 43.0 Å². The molecule has 0 aromatic heterocycles. The minimum Gasteiger partial charge on any atom is -0.508 e. The van der Waals surface area contributed by atoms with E-state index in [0.717, 1.165) is 5.56 Å². The zero-order chi connectivity index (χ0) is 30.1. The Morgan fingerprint density at radius 2 is 1.55 bits per heavy atom. The summed E-state index contributed by atoms with van der Waals surface area (Å²) in [4.78, 5) is 26.7. The third-order valence-corrected chi connectivity index (χ3v) is 8.02. The van der Waals surface area contributed by atoms with Crippen molar-refractivity contribution in [2.75, 3.05) is 4.90 Å². The number of phenolic OH excluding ortho intramolecular Hbond substituents is 1. The van der Waals surface area contributed by atoms with Crippen LogP contribution in [0.2, 0.25) is 0 Å². The molecule has 2 aliphatic rings. The summed E-state index contributed by atoms with van der Waals surface area (Å²) >= 11 is 0. The maximum absolute atomic E-state index is 13.7. The van der Waals surface area contributed by atoms with Crippen molar-refractivity contribution in [2.45, 2.75) is 56.5 Å². The van der Waals surface area contributed by atoms with Gasteiger partial charge in [0.25, 0.3) is 0 Å². The van der Waals surface area contributed by atoms with Crippen LogP contribution in [0.25, 0.3) is 0 Å². The molecule has 3 aromatic carbocycles. The number of rotatable bonds is 9. The van der Waals surface area contributed by atoms with Crippen molar-refractivity contribution >= 4 is 17.6 Å². The van der Waals surface area contributed by atoms with Crippen LogP contribution in [0.3, 0.4) is 0 Å². The first-order chi connectivity index (χ1) is 20.0. The van der Waals surface area contributed by atoms with Gasteiger partial charge in [-0.05, 0) is 72.5 Å². The zero-order valence-corrected chi connectivity index (χ0v) is 22.6. The van der Waals surface area contributed by atoms with Gasteiger partial charge in [0, 0.05) is 11.6 Å². The highest BCUT2D eigenvalue weighted by Gasteiger charge is 2.50. The number of carbonyl (C=O) groups excluding carboxylic acids is 1. The van der Waals surface area contributed by atoms with Crippen molar-refractivity contribution in [3.05, 3.63) is 95.6 Å². The molecular formula is C31H31F2NO8. The number of aliphatic hydroxyl groups excluding tert-OH is 2. The van der Waals surface area contributed by atoms with E-state index in [0.29, 0.717) is 11.3 Å². The van der Waals surface area contributed by atoms with Crippen LogP contribution < -0.4 is 4.90 Å². The average molecular weight is 584 g/mol. The minimum atomic E-state index is -1.63. The molecule has 3 aromatic rings. The van der Waals surface area contributed by atoms with Crippen LogP contribution in [0.15, 0.2) is 72.8 Å². The Bertz CT molecular complexity index is 1400.